The van der Waals surface area contributed by atoms with Crippen LogP contribution in [0.15, 0.2) is 12.3 Å². The molecule has 0 atom stereocenters. The zero-order chi connectivity index (χ0) is 7.33. The minimum atomic E-state index is -4.22. The molecule has 0 saturated carbocycles. The Morgan fingerprint density at radius 2 is 2.00 bits per heavy atom. The number of rotatable bonds is 2. The summed E-state index contributed by atoms with van der Waals surface area (Å²) >= 11 is 0. The minimum Gasteiger partial charge on any atom is -0.492 e. The van der Waals surface area contributed by atoms with E-state index in [2.05, 4.69) is 4.74 Å². The molecule has 0 saturated heterocycles. The predicted octanol–water partition coefficient (Wildman–Crippen LogP) is 2.10. The van der Waals surface area contributed by atoms with Gasteiger partial charge in [0.05, 0.1) is 6.26 Å². The zero-order valence-corrected chi connectivity index (χ0v) is 4.90. The van der Waals surface area contributed by atoms with Crippen molar-refractivity contribution in [2.45, 2.75) is 13.1 Å². The monoisotopic (exact) mass is 140 g/mol. The van der Waals surface area contributed by atoms with E-state index in [4.69, 9.17) is 0 Å². The molecule has 0 rings (SSSR count). The number of hydrogen-bond acceptors (Lipinski definition) is 1. The molecular formula is C5H7F3O. The van der Waals surface area contributed by atoms with Gasteiger partial charge in [0.15, 0.2) is 6.61 Å². The lowest BCUT2D eigenvalue weighted by molar-refractivity contribution is -0.161. The van der Waals surface area contributed by atoms with E-state index in [1.165, 1.54) is 6.08 Å². The molecule has 0 aliphatic carbocycles. The molecular weight excluding hydrogens is 133 g/mol. The van der Waals surface area contributed by atoms with Crippen molar-refractivity contribution in [3.05, 3.63) is 12.3 Å². The summed E-state index contributed by atoms with van der Waals surface area (Å²) in [5.41, 5.74) is 0. The summed E-state index contributed by atoms with van der Waals surface area (Å²) in [6, 6.07) is 0. The minimum absolute atomic E-state index is 1.01. The normalized spacial score (nSPS) is 12.4. The summed E-state index contributed by atoms with van der Waals surface area (Å²) in [7, 11) is 0. The van der Waals surface area contributed by atoms with Crippen molar-refractivity contribution in [1.82, 2.24) is 0 Å². The fourth-order valence-corrected chi connectivity index (χ4v) is 0.239. The first-order chi connectivity index (χ1) is 4.06. The Bertz CT molecular complexity index is 94.9. The largest absolute Gasteiger partial charge is 0.492 e. The van der Waals surface area contributed by atoms with Crippen LogP contribution in [0.3, 0.4) is 0 Å². The molecule has 0 bridgehead atoms. The van der Waals surface area contributed by atoms with Crippen LogP contribution in [0.2, 0.25) is 0 Å². The van der Waals surface area contributed by atoms with Crippen molar-refractivity contribution < 1.29 is 17.9 Å². The summed E-state index contributed by atoms with van der Waals surface area (Å²) in [6.45, 7) is 0.369. The Balaban J connectivity index is 3.28. The molecule has 0 unspecified atom stereocenters. The van der Waals surface area contributed by atoms with Crippen LogP contribution >= 0.6 is 0 Å². The summed E-state index contributed by atoms with van der Waals surface area (Å²) in [4.78, 5) is 0. The number of allylic oxidation sites excluding steroid dienone is 1. The van der Waals surface area contributed by atoms with Crippen molar-refractivity contribution in [3.63, 3.8) is 0 Å². The van der Waals surface area contributed by atoms with Gasteiger partial charge in [-0.05, 0) is 6.92 Å². The quantitative estimate of drug-likeness (QED) is 0.533. The smallest absolute Gasteiger partial charge is 0.422 e. The second-order valence-corrected chi connectivity index (χ2v) is 1.40. The van der Waals surface area contributed by atoms with E-state index < -0.39 is 12.8 Å². The third-order valence-corrected chi connectivity index (χ3v) is 0.479. The summed E-state index contributed by atoms with van der Waals surface area (Å²) in [5, 5.41) is 0. The van der Waals surface area contributed by atoms with Gasteiger partial charge in [-0.2, -0.15) is 13.2 Å². The van der Waals surface area contributed by atoms with E-state index in [1.54, 1.807) is 6.92 Å². The highest BCUT2D eigenvalue weighted by Gasteiger charge is 2.27. The van der Waals surface area contributed by atoms with Gasteiger partial charge < -0.3 is 4.74 Å². The number of alkyl halides is 3. The van der Waals surface area contributed by atoms with Gasteiger partial charge in [-0.25, -0.2) is 0 Å². The average Bonchev–Trinajstić information content (AvgIpc) is 1.63. The molecule has 0 fully saturated rings. The maximum atomic E-state index is 11.2. The molecule has 0 radical (unpaired) electrons. The Morgan fingerprint density at radius 1 is 1.44 bits per heavy atom. The fraction of sp³-hybridized carbons (Fsp3) is 0.600. The Hall–Kier alpha value is -0.670. The Kier molecular flexibility index (Phi) is 3.12. The van der Waals surface area contributed by atoms with Crippen molar-refractivity contribution in [3.8, 4) is 0 Å². The van der Waals surface area contributed by atoms with Gasteiger partial charge in [-0.1, -0.05) is 6.08 Å². The third-order valence-electron chi connectivity index (χ3n) is 0.479. The molecule has 0 aromatic carbocycles. The van der Waals surface area contributed by atoms with E-state index >= 15 is 0 Å². The first-order valence-electron chi connectivity index (χ1n) is 2.36. The molecule has 0 N–H and O–H groups in total. The first kappa shape index (κ1) is 8.33. The van der Waals surface area contributed by atoms with E-state index in [0.29, 0.717) is 0 Å². The Morgan fingerprint density at radius 3 is 2.33 bits per heavy atom. The first-order valence-corrected chi connectivity index (χ1v) is 2.36. The van der Waals surface area contributed by atoms with Gasteiger partial charge >= 0.3 is 6.18 Å². The van der Waals surface area contributed by atoms with Crippen molar-refractivity contribution >= 4 is 0 Å². The summed E-state index contributed by atoms with van der Waals surface area (Å²) in [6.07, 6.45) is -1.82. The van der Waals surface area contributed by atoms with Gasteiger partial charge in [0.2, 0.25) is 0 Å². The molecule has 0 aliphatic rings. The molecule has 0 heterocycles. The van der Waals surface area contributed by atoms with Crippen LogP contribution in [0.25, 0.3) is 0 Å². The lowest BCUT2D eigenvalue weighted by Crippen LogP contribution is -2.14. The predicted molar refractivity (Wildman–Crippen MR) is 26.8 cm³/mol. The van der Waals surface area contributed by atoms with Crippen molar-refractivity contribution in [2.75, 3.05) is 6.61 Å². The number of ether oxygens (including phenoxy) is 1. The van der Waals surface area contributed by atoms with Crippen LogP contribution in [0.5, 0.6) is 0 Å². The molecule has 9 heavy (non-hydrogen) atoms. The number of halogens is 3. The summed E-state index contributed by atoms with van der Waals surface area (Å²) < 4.78 is 37.7. The molecule has 0 aromatic rings. The molecule has 0 amide bonds. The highest BCUT2D eigenvalue weighted by atomic mass is 19.4. The van der Waals surface area contributed by atoms with Crippen LogP contribution in [0, 0.1) is 0 Å². The van der Waals surface area contributed by atoms with Crippen LogP contribution < -0.4 is 0 Å². The van der Waals surface area contributed by atoms with Gasteiger partial charge in [0.25, 0.3) is 0 Å². The van der Waals surface area contributed by atoms with E-state index in [1.807, 2.05) is 0 Å². The topological polar surface area (TPSA) is 9.23 Å². The molecule has 1 nitrogen and oxygen atoms in total. The molecule has 0 aromatic heterocycles. The van der Waals surface area contributed by atoms with Gasteiger partial charge in [0.1, 0.15) is 0 Å². The Labute approximate surface area is 51.1 Å². The molecule has 4 heteroatoms. The van der Waals surface area contributed by atoms with Gasteiger partial charge in [-0.3, -0.25) is 0 Å². The SMILES string of the molecule is C/C=C/OCC(F)(F)F. The lowest BCUT2D eigenvalue weighted by Gasteiger charge is -2.03. The average molecular weight is 140 g/mol. The van der Waals surface area contributed by atoms with Crippen LogP contribution in [0.4, 0.5) is 13.2 Å². The molecule has 0 spiro atoms. The second-order valence-electron chi connectivity index (χ2n) is 1.40. The molecule has 54 valence electrons. The van der Waals surface area contributed by atoms with Crippen LogP contribution in [-0.4, -0.2) is 12.8 Å². The highest BCUT2D eigenvalue weighted by Crippen LogP contribution is 2.14. The molecule has 0 aliphatic heterocycles. The maximum absolute atomic E-state index is 11.2. The standard InChI is InChI=1S/C5H7F3O/c1-2-3-9-4-5(6,7)8/h2-3H,4H2,1H3/b3-2+. The summed E-state index contributed by atoms with van der Waals surface area (Å²) in [5.74, 6) is 0. The lowest BCUT2D eigenvalue weighted by atomic mass is 10.7. The van der Waals surface area contributed by atoms with Crippen molar-refractivity contribution in [1.29, 1.82) is 0 Å². The van der Waals surface area contributed by atoms with Gasteiger partial charge in [0, 0.05) is 0 Å². The maximum Gasteiger partial charge on any atom is 0.422 e. The van der Waals surface area contributed by atoms with E-state index in [9.17, 15) is 13.2 Å². The van der Waals surface area contributed by atoms with E-state index in [-0.39, 0.29) is 0 Å². The van der Waals surface area contributed by atoms with E-state index in [0.717, 1.165) is 6.26 Å². The zero-order valence-electron chi connectivity index (χ0n) is 4.90. The van der Waals surface area contributed by atoms with Crippen LogP contribution in [-0.2, 0) is 4.74 Å². The van der Waals surface area contributed by atoms with Crippen LogP contribution in [0.1, 0.15) is 6.92 Å². The third kappa shape index (κ3) is 7.33. The second kappa shape index (κ2) is 3.37. The number of hydrogen-bond donors (Lipinski definition) is 0. The highest BCUT2D eigenvalue weighted by molar-refractivity contribution is 4.65. The fourth-order valence-electron chi connectivity index (χ4n) is 0.239. The van der Waals surface area contributed by atoms with Gasteiger partial charge in [-0.15, -0.1) is 0 Å². The van der Waals surface area contributed by atoms with Crippen molar-refractivity contribution in [2.24, 2.45) is 0 Å².